The average Bonchev–Trinajstić information content (AvgIpc) is 2.28. The second-order valence-electron chi connectivity index (χ2n) is 4.30. The normalized spacial score (nSPS) is 12.7. The zero-order chi connectivity index (χ0) is 12.7. The molecule has 0 saturated heterocycles. The summed E-state index contributed by atoms with van der Waals surface area (Å²) in [6.07, 6.45) is 0.617. The predicted molar refractivity (Wildman–Crippen MR) is 70.1 cm³/mol. The van der Waals surface area contributed by atoms with Crippen LogP contribution in [0.5, 0.6) is 5.75 Å². The van der Waals surface area contributed by atoms with Crippen LogP contribution in [-0.4, -0.2) is 42.9 Å². The van der Waals surface area contributed by atoms with Crippen LogP contribution in [0.25, 0.3) is 0 Å². The van der Waals surface area contributed by atoms with Gasteiger partial charge in [-0.15, -0.1) is 0 Å². The molecule has 96 valence electrons. The molecule has 0 aromatic heterocycles. The number of hydrogen-bond donors (Lipinski definition) is 2. The number of ether oxygens (including phenoxy) is 1. The summed E-state index contributed by atoms with van der Waals surface area (Å²) in [5.41, 5.74) is 6.28. The maximum atomic E-state index is 9.77. The predicted octanol–water partition coefficient (Wildman–Crippen LogP) is 1.35. The number of aliphatic hydroxyl groups is 1. The van der Waals surface area contributed by atoms with E-state index in [1.165, 1.54) is 0 Å². The van der Waals surface area contributed by atoms with Crippen molar-refractivity contribution in [1.82, 2.24) is 4.90 Å². The third-order valence-electron chi connectivity index (χ3n) is 2.45. The van der Waals surface area contributed by atoms with Crippen LogP contribution in [0.1, 0.15) is 13.3 Å². The van der Waals surface area contributed by atoms with Gasteiger partial charge in [0, 0.05) is 12.2 Å². The van der Waals surface area contributed by atoms with E-state index in [9.17, 15) is 5.11 Å². The fourth-order valence-electron chi connectivity index (χ4n) is 1.64. The van der Waals surface area contributed by atoms with Gasteiger partial charge in [-0.2, -0.15) is 0 Å². The zero-order valence-corrected chi connectivity index (χ0v) is 10.6. The maximum absolute atomic E-state index is 9.77. The lowest BCUT2D eigenvalue weighted by molar-refractivity contribution is 0.0764. The molecule has 1 atom stereocenters. The summed E-state index contributed by atoms with van der Waals surface area (Å²) in [7, 11) is 2.00. The Morgan fingerprint density at radius 3 is 2.59 bits per heavy atom. The van der Waals surface area contributed by atoms with E-state index in [0.29, 0.717) is 18.8 Å². The van der Waals surface area contributed by atoms with Gasteiger partial charge in [0.15, 0.2) is 0 Å². The third-order valence-corrected chi connectivity index (χ3v) is 2.45. The van der Waals surface area contributed by atoms with E-state index < -0.39 is 6.10 Å². The lowest BCUT2D eigenvalue weighted by Crippen LogP contribution is -2.33. The van der Waals surface area contributed by atoms with Gasteiger partial charge in [0.2, 0.25) is 0 Å². The van der Waals surface area contributed by atoms with Crippen molar-refractivity contribution in [2.75, 3.05) is 32.5 Å². The number of likely N-dealkylation sites (N-methyl/N-ethyl adjacent to an activating group) is 1. The lowest BCUT2D eigenvalue weighted by atomic mass is 10.3. The molecule has 0 fully saturated rings. The molecular formula is C13H22N2O2. The minimum absolute atomic E-state index is 0.304. The fourth-order valence-corrected chi connectivity index (χ4v) is 1.64. The van der Waals surface area contributed by atoms with Crippen LogP contribution in [0, 0.1) is 0 Å². The number of nitrogen functional groups attached to an aromatic ring is 1. The number of nitrogens with two attached hydrogens (primary N) is 1. The smallest absolute Gasteiger partial charge is 0.119 e. The molecule has 0 heterocycles. The lowest BCUT2D eigenvalue weighted by Gasteiger charge is -2.20. The van der Waals surface area contributed by atoms with E-state index in [1.807, 2.05) is 7.05 Å². The van der Waals surface area contributed by atoms with Gasteiger partial charge in [0.05, 0.1) is 0 Å². The van der Waals surface area contributed by atoms with E-state index in [4.69, 9.17) is 10.5 Å². The summed E-state index contributed by atoms with van der Waals surface area (Å²) >= 11 is 0. The quantitative estimate of drug-likeness (QED) is 0.704. The molecule has 0 amide bonds. The molecule has 4 heteroatoms. The van der Waals surface area contributed by atoms with Gasteiger partial charge in [-0.25, -0.2) is 0 Å². The Kier molecular flexibility index (Phi) is 5.80. The van der Waals surface area contributed by atoms with Crippen LogP contribution in [0.15, 0.2) is 24.3 Å². The van der Waals surface area contributed by atoms with Gasteiger partial charge < -0.3 is 20.5 Å². The highest BCUT2D eigenvalue weighted by Gasteiger charge is 2.08. The minimum Gasteiger partial charge on any atom is -0.491 e. The largest absolute Gasteiger partial charge is 0.491 e. The van der Waals surface area contributed by atoms with Crippen LogP contribution in [0.4, 0.5) is 5.69 Å². The van der Waals surface area contributed by atoms with Gasteiger partial charge >= 0.3 is 0 Å². The van der Waals surface area contributed by atoms with E-state index in [0.717, 1.165) is 18.7 Å². The van der Waals surface area contributed by atoms with Gasteiger partial charge in [-0.05, 0) is 44.3 Å². The molecule has 0 aliphatic carbocycles. The molecule has 0 aliphatic heterocycles. The zero-order valence-electron chi connectivity index (χ0n) is 10.6. The van der Waals surface area contributed by atoms with Crippen molar-refractivity contribution in [3.05, 3.63) is 24.3 Å². The standard InChI is InChI=1S/C13H22N2O2/c1-3-8-15(2)9-12(16)10-17-13-6-4-11(14)5-7-13/h4-7,12,16H,3,8-10,14H2,1-2H3. The van der Waals surface area contributed by atoms with Crippen molar-refractivity contribution in [3.8, 4) is 5.75 Å². The van der Waals surface area contributed by atoms with Crippen molar-refractivity contribution >= 4 is 5.69 Å². The van der Waals surface area contributed by atoms with Gasteiger partial charge in [-0.3, -0.25) is 0 Å². The van der Waals surface area contributed by atoms with Gasteiger partial charge in [0.1, 0.15) is 18.5 Å². The summed E-state index contributed by atoms with van der Waals surface area (Å²) in [6, 6.07) is 7.17. The summed E-state index contributed by atoms with van der Waals surface area (Å²) in [5, 5.41) is 9.77. The van der Waals surface area contributed by atoms with Crippen LogP contribution in [-0.2, 0) is 0 Å². The number of rotatable bonds is 7. The highest BCUT2D eigenvalue weighted by atomic mass is 16.5. The molecular weight excluding hydrogens is 216 g/mol. The molecule has 17 heavy (non-hydrogen) atoms. The maximum Gasteiger partial charge on any atom is 0.119 e. The Morgan fingerprint density at radius 1 is 1.35 bits per heavy atom. The average molecular weight is 238 g/mol. The Bertz CT molecular complexity index is 314. The van der Waals surface area contributed by atoms with Crippen LogP contribution < -0.4 is 10.5 Å². The molecule has 1 aromatic carbocycles. The highest BCUT2D eigenvalue weighted by Crippen LogP contribution is 2.13. The molecule has 1 aromatic rings. The molecule has 1 rings (SSSR count). The molecule has 0 radical (unpaired) electrons. The second kappa shape index (κ2) is 7.14. The van der Waals surface area contributed by atoms with Crippen LogP contribution >= 0.6 is 0 Å². The first kappa shape index (κ1) is 13.8. The first-order chi connectivity index (χ1) is 8.11. The van der Waals surface area contributed by atoms with Crippen molar-refractivity contribution in [1.29, 1.82) is 0 Å². The molecule has 0 spiro atoms. The van der Waals surface area contributed by atoms with Crippen molar-refractivity contribution in [2.45, 2.75) is 19.4 Å². The summed E-state index contributed by atoms with van der Waals surface area (Å²) in [5.74, 6) is 0.733. The van der Waals surface area contributed by atoms with Crippen molar-refractivity contribution < 1.29 is 9.84 Å². The molecule has 0 bridgehead atoms. The third kappa shape index (κ3) is 5.56. The van der Waals surface area contributed by atoms with E-state index >= 15 is 0 Å². The van der Waals surface area contributed by atoms with Crippen molar-refractivity contribution in [2.24, 2.45) is 0 Å². The minimum atomic E-state index is -0.468. The Morgan fingerprint density at radius 2 is 2.00 bits per heavy atom. The van der Waals surface area contributed by atoms with E-state index in [-0.39, 0.29) is 0 Å². The highest BCUT2D eigenvalue weighted by molar-refractivity contribution is 5.41. The molecule has 1 unspecified atom stereocenters. The summed E-state index contributed by atoms with van der Waals surface area (Å²) in [6.45, 7) is 4.04. The van der Waals surface area contributed by atoms with Crippen LogP contribution in [0.2, 0.25) is 0 Å². The number of benzene rings is 1. The molecule has 3 N–H and O–H groups in total. The number of nitrogens with zero attached hydrogens (tertiary/aromatic N) is 1. The van der Waals surface area contributed by atoms with Gasteiger partial charge in [-0.1, -0.05) is 6.92 Å². The van der Waals surface area contributed by atoms with E-state index in [2.05, 4.69) is 11.8 Å². The second-order valence-corrected chi connectivity index (χ2v) is 4.30. The Balaban J connectivity index is 2.27. The van der Waals surface area contributed by atoms with E-state index in [1.54, 1.807) is 24.3 Å². The topological polar surface area (TPSA) is 58.7 Å². The fraction of sp³-hybridized carbons (Fsp3) is 0.538. The first-order valence-corrected chi connectivity index (χ1v) is 5.96. The summed E-state index contributed by atoms with van der Waals surface area (Å²) in [4.78, 5) is 2.09. The molecule has 4 nitrogen and oxygen atoms in total. The summed E-state index contributed by atoms with van der Waals surface area (Å²) < 4.78 is 5.47. The SMILES string of the molecule is CCCN(C)CC(O)COc1ccc(N)cc1. The first-order valence-electron chi connectivity index (χ1n) is 5.96. The number of aliphatic hydroxyl groups excluding tert-OH is 1. The van der Waals surface area contributed by atoms with Gasteiger partial charge in [0.25, 0.3) is 0 Å². The van der Waals surface area contributed by atoms with Crippen LogP contribution in [0.3, 0.4) is 0 Å². The monoisotopic (exact) mass is 238 g/mol. The van der Waals surface area contributed by atoms with Crippen molar-refractivity contribution in [3.63, 3.8) is 0 Å². The number of anilines is 1. The molecule has 0 saturated carbocycles. The number of hydrogen-bond acceptors (Lipinski definition) is 4. The Hall–Kier alpha value is -1.26. The Labute approximate surface area is 103 Å². The molecule has 0 aliphatic rings.